The molecular weight excluding hydrogens is 196 g/mol. The predicted molar refractivity (Wildman–Crippen MR) is 57.0 cm³/mol. The van der Waals surface area contributed by atoms with Gasteiger partial charge in [0.25, 0.3) is 5.91 Å². The summed E-state index contributed by atoms with van der Waals surface area (Å²) < 4.78 is 0. The van der Waals surface area contributed by atoms with Crippen molar-refractivity contribution < 1.29 is 4.79 Å². The number of amides is 1. The van der Waals surface area contributed by atoms with Crippen LogP contribution in [0.3, 0.4) is 0 Å². The predicted octanol–water partition coefficient (Wildman–Crippen LogP) is 1.53. The Morgan fingerprint density at radius 1 is 1.71 bits per heavy atom. The number of nitrogens with one attached hydrogen (secondary N) is 1. The van der Waals surface area contributed by atoms with Crippen LogP contribution in [0, 0.1) is 18.3 Å². The van der Waals surface area contributed by atoms with Gasteiger partial charge in [0.1, 0.15) is 4.88 Å². The van der Waals surface area contributed by atoms with E-state index in [4.69, 9.17) is 6.42 Å². The topological polar surface area (TPSA) is 42.0 Å². The van der Waals surface area contributed by atoms with Crippen LogP contribution in [-0.2, 0) is 0 Å². The van der Waals surface area contributed by atoms with E-state index in [1.807, 2.05) is 13.8 Å². The van der Waals surface area contributed by atoms with Gasteiger partial charge in [0.15, 0.2) is 0 Å². The van der Waals surface area contributed by atoms with Gasteiger partial charge in [-0.1, -0.05) is 19.8 Å². The highest BCUT2D eigenvalue weighted by atomic mass is 32.1. The fraction of sp³-hybridized carbons (Fsp3) is 0.400. The number of carbonyl (C=O) groups is 1. The van der Waals surface area contributed by atoms with Crippen molar-refractivity contribution in [2.75, 3.05) is 0 Å². The Morgan fingerprint density at radius 3 is 2.86 bits per heavy atom. The zero-order valence-electron chi connectivity index (χ0n) is 8.15. The van der Waals surface area contributed by atoms with Gasteiger partial charge in [-0.3, -0.25) is 9.78 Å². The molecule has 0 aliphatic rings. The van der Waals surface area contributed by atoms with Crippen LogP contribution in [0.4, 0.5) is 0 Å². The van der Waals surface area contributed by atoms with Crippen molar-refractivity contribution >= 4 is 17.2 Å². The van der Waals surface area contributed by atoms with Gasteiger partial charge in [0.05, 0.1) is 17.7 Å². The normalized spacial score (nSPS) is 12.1. The first-order valence-electron chi connectivity index (χ1n) is 4.30. The number of hydrogen-bond acceptors (Lipinski definition) is 3. The highest BCUT2D eigenvalue weighted by Crippen LogP contribution is 2.07. The molecule has 0 bridgehead atoms. The molecule has 1 unspecified atom stereocenters. The van der Waals surface area contributed by atoms with Gasteiger partial charge in [-0.15, -0.1) is 17.8 Å². The molecule has 74 valence electrons. The Bertz CT molecular complexity index is 338. The summed E-state index contributed by atoms with van der Waals surface area (Å²) in [7, 11) is 0. The molecule has 1 aromatic heterocycles. The van der Waals surface area contributed by atoms with Gasteiger partial charge in [0, 0.05) is 0 Å². The summed E-state index contributed by atoms with van der Waals surface area (Å²) in [4.78, 5) is 16.0. The molecule has 1 atom stereocenters. The number of terminal acetylenes is 1. The van der Waals surface area contributed by atoms with E-state index in [0.717, 1.165) is 0 Å². The van der Waals surface area contributed by atoms with Crippen LogP contribution in [-0.4, -0.2) is 16.9 Å². The molecule has 14 heavy (non-hydrogen) atoms. The SMILES string of the molecule is C#CC(NC(=O)c1cncs1)C(C)C. The third-order valence-corrected chi connectivity index (χ3v) is 2.56. The van der Waals surface area contributed by atoms with Crippen molar-refractivity contribution in [2.45, 2.75) is 19.9 Å². The Labute approximate surface area is 87.6 Å². The van der Waals surface area contributed by atoms with Gasteiger partial charge < -0.3 is 5.32 Å². The zero-order chi connectivity index (χ0) is 10.6. The van der Waals surface area contributed by atoms with Gasteiger partial charge in [-0.05, 0) is 5.92 Å². The highest BCUT2D eigenvalue weighted by molar-refractivity contribution is 7.11. The van der Waals surface area contributed by atoms with Crippen LogP contribution in [0.2, 0.25) is 0 Å². The molecule has 1 aromatic rings. The van der Waals surface area contributed by atoms with Gasteiger partial charge in [-0.2, -0.15) is 0 Å². The van der Waals surface area contributed by atoms with Gasteiger partial charge in [-0.25, -0.2) is 0 Å². The van der Waals surface area contributed by atoms with E-state index in [2.05, 4.69) is 16.2 Å². The van der Waals surface area contributed by atoms with Crippen LogP contribution in [0.25, 0.3) is 0 Å². The molecule has 0 aromatic carbocycles. The number of thiazole rings is 1. The molecule has 1 amide bonds. The average Bonchev–Trinajstić information content (AvgIpc) is 2.65. The fourth-order valence-electron chi connectivity index (χ4n) is 0.941. The second kappa shape index (κ2) is 4.77. The first-order valence-corrected chi connectivity index (χ1v) is 5.18. The Morgan fingerprint density at radius 2 is 2.43 bits per heavy atom. The van der Waals surface area contributed by atoms with E-state index in [9.17, 15) is 4.79 Å². The molecule has 0 saturated carbocycles. The molecule has 3 nitrogen and oxygen atoms in total. The van der Waals surface area contributed by atoms with E-state index in [0.29, 0.717) is 4.88 Å². The molecule has 4 heteroatoms. The number of hydrogen-bond donors (Lipinski definition) is 1. The van der Waals surface area contributed by atoms with Crippen molar-refractivity contribution in [1.29, 1.82) is 0 Å². The molecular formula is C10H12N2OS. The summed E-state index contributed by atoms with van der Waals surface area (Å²) >= 11 is 1.30. The lowest BCUT2D eigenvalue weighted by Gasteiger charge is -2.15. The van der Waals surface area contributed by atoms with Crippen LogP contribution in [0.1, 0.15) is 23.5 Å². The van der Waals surface area contributed by atoms with Crippen molar-refractivity contribution in [3.8, 4) is 12.3 Å². The van der Waals surface area contributed by atoms with Crippen molar-refractivity contribution in [1.82, 2.24) is 10.3 Å². The quantitative estimate of drug-likeness (QED) is 0.765. The average molecular weight is 208 g/mol. The van der Waals surface area contributed by atoms with Crippen LogP contribution >= 0.6 is 11.3 Å². The number of carbonyl (C=O) groups excluding carboxylic acids is 1. The van der Waals surface area contributed by atoms with Crippen LogP contribution < -0.4 is 5.32 Å². The zero-order valence-corrected chi connectivity index (χ0v) is 8.97. The lowest BCUT2D eigenvalue weighted by molar-refractivity contribution is 0.0942. The minimum Gasteiger partial charge on any atom is -0.337 e. The molecule has 0 aliphatic carbocycles. The van der Waals surface area contributed by atoms with E-state index in [1.165, 1.54) is 17.5 Å². The smallest absolute Gasteiger partial charge is 0.263 e. The minimum absolute atomic E-state index is 0.149. The minimum atomic E-state index is -0.218. The summed E-state index contributed by atoms with van der Waals surface area (Å²) in [5.41, 5.74) is 1.62. The largest absolute Gasteiger partial charge is 0.337 e. The molecule has 0 saturated heterocycles. The Balaban J connectivity index is 2.61. The first-order chi connectivity index (χ1) is 6.65. The van der Waals surface area contributed by atoms with Crippen LogP contribution in [0.5, 0.6) is 0 Å². The maximum absolute atomic E-state index is 11.5. The monoisotopic (exact) mass is 208 g/mol. The number of rotatable bonds is 3. The van der Waals surface area contributed by atoms with E-state index in [-0.39, 0.29) is 17.9 Å². The second-order valence-electron chi connectivity index (χ2n) is 3.23. The molecule has 1 rings (SSSR count). The van der Waals surface area contributed by atoms with Crippen molar-refractivity contribution in [2.24, 2.45) is 5.92 Å². The fourth-order valence-corrected chi connectivity index (χ4v) is 1.46. The first kappa shape index (κ1) is 10.7. The van der Waals surface area contributed by atoms with E-state index >= 15 is 0 Å². The summed E-state index contributed by atoms with van der Waals surface area (Å²) in [6, 6.07) is -0.218. The molecule has 0 aliphatic heterocycles. The van der Waals surface area contributed by atoms with Crippen molar-refractivity contribution in [3.05, 3.63) is 16.6 Å². The number of aromatic nitrogens is 1. The summed E-state index contributed by atoms with van der Waals surface area (Å²) in [5, 5.41) is 2.76. The third-order valence-electron chi connectivity index (χ3n) is 1.79. The molecule has 0 spiro atoms. The van der Waals surface area contributed by atoms with Crippen LogP contribution in [0.15, 0.2) is 11.7 Å². The lowest BCUT2D eigenvalue weighted by Crippen LogP contribution is -2.36. The highest BCUT2D eigenvalue weighted by Gasteiger charge is 2.15. The Hall–Kier alpha value is -1.34. The summed E-state index contributed by atoms with van der Waals surface area (Å²) in [6.07, 6.45) is 6.83. The maximum Gasteiger partial charge on any atom is 0.263 e. The summed E-state index contributed by atoms with van der Waals surface area (Å²) in [5.74, 6) is 2.63. The second-order valence-corrected chi connectivity index (χ2v) is 4.11. The lowest BCUT2D eigenvalue weighted by atomic mass is 10.1. The third kappa shape index (κ3) is 2.57. The van der Waals surface area contributed by atoms with Crippen molar-refractivity contribution in [3.63, 3.8) is 0 Å². The standard InChI is InChI=1S/C10H12N2OS/c1-4-8(7(2)3)12-10(13)9-5-11-6-14-9/h1,5-8H,2-3H3,(H,12,13). The van der Waals surface area contributed by atoms with Gasteiger partial charge >= 0.3 is 0 Å². The molecule has 0 radical (unpaired) electrons. The van der Waals surface area contributed by atoms with Gasteiger partial charge in [0.2, 0.25) is 0 Å². The van der Waals surface area contributed by atoms with E-state index < -0.39 is 0 Å². The molecule has 1 N–H and O–H groups in total. The van der Waals surface area contributed by atoms with E-state index in [1.54, 1.807) is 5.51 Å². The number of nitrogens with zero attached hydrogens (tertiary/aromatic N) is 1. The molecule has 1 heterocycles. The summed E-state index contributed by atoms with van der Waals surface area (Å²) in [6.45, 7) is 3.94. The Kier molecular flexibility index (Phi) is 3.66. The molecule has 0 fully saturated rings. The maximum atomic E-state index is 11.5.